The first-order valence-electron chi connectivity index (χ1n) is 10.9. The largest absolute Gasteiger partial charge is 0.257 e. The van der Waals surface area contributed by atoms with Gasteiger partial charge in [0.05, 0.1) is 8.22 Å². The molecule has 0 amide bonds. The Morgan fingerprint density at radius 2 is 1.00 bits per heavy atom. The molecule has 5 rings (SSSR count). The fourth-order valence-corrected chi connectivity index (χ4v) is 8.01. The molecule has 1 aliphatic carbocycles. The Labute approximate surface area is 176 Å². The van der Waals surface area contributed by atoms with Gasteiger partial charge in [0.15, 0.2) is 0 Å². The molecule has 3 aromatic rings. The summed E-state index contributed by atoms with van der Waals surface area (Å²) in [5.74, 6) is 0. The van der Waals surface area contributed by atoms with Crippen molar-refractivity contribution < 1.29 is 0 Å². The van der Waals surface area contributed by atoms with Crippen molar-refractivity contribution >= 4 is 13.5 Å². The zero-order chi connectivity index (χ0) is 19.5. The quantitative estimate of drug-likeness (QED) is 0.488. The van der Waals surface area contributed by atoms with Gasteiger partial charge in [-0.15, -0.1) is 0 Å². The predicted octanol–water partition coefficient (Wildman–Crippen LogP) is 5.95. The molecule has 148 valence electrons. The zero-order valence-corrected chi connectivity index (χ0v) is 17.8. The van der Waals surface area contributed by atoms with Crippen LogP contribution in [-0.4, -0.2) is 21.4 Å². The van der Waals surface area contributed by atoms with Gasteiger partial charge in [0.25, 0.3) is 0 Å². The van der Waals surface area contributed by atoms with E-state index in [2.05, 4.69) is 100 Å². The summed E-state index contributed by atoms with van der Waals surface area (Å²) in [5, 5.41) is 1.49. The smallest absolute Gasteiger partial charge is 0.0737 e. The topological polar surface area (TPSA) is 6.48 Å². The van der Waals surface area contributed by atoms with E-state index in [4.69, 9.17) is 0 Å². The SMILES string of the molecule is c1ccc(CN2[C@@H]3CCCC[C@H]3N(Cc3ccccc3)P2c2ccccc2)cc1. The van der Waals surface area contributed by atoms with Crippen LogP contribution in [-0.2, 0) is 13.1 Å². The lowest BCUT2D eigenvalue weighted by Crippen LogP contribution is -2.39. The van der Waals surface area contributed by atoms with Gasteiger partial charge in [-0.3, -0.25) is 9.34 Å². The van der Waals surface area contributed by atoms with Gasteiger partial charge in [0.2, 0.25) is 0 Å². The van der Waals surface area contributed by atoms with Gasteiger partial charge in [0.1, 0.15) is 0 Å². The van der Waals surface area contributed by atoms with Crippen molar-refractivity contribution in [1.29, 1.82) is 0 Å². The molecule has 1 aliphatic heterocycles. The van der Waals surface area contributed by atoms with Gasteiger partial charge in [-0.05, 0) is 24.0 Å². The van der Waals surface area contributed by atoms with Crippen molar-refractivity contribution in [1.82, 2.24) is 9.34 Å². The molecule has 3 aromatic carbocycles. The number of fused-ring (bicyclic) bond motifs is 1. The molecule has 2 atom stereocenters. The lowest BCUT2D eigenvalue weighted by molar-refractivity contribution is 0.197. The zero-order valence-electron chi connectivity index (χ0n) is 16.9. The summed E-state index contributed by atoms with van der Waals surface area (Å²) in [5.41, 5.74) is 2.86. The van der Waals surface area contributed by atoms with Crippen molar-refractivity contribution in [2.45, 2.75) is 50.9 Å². The van der Waals surface area contributed by atoms with Crippen LogP contribution in [0, 0.1) is 0 Å². The van der Waals surface area contributed by atoms with E-state index in [1.807, 2.05) is 0 Å². The minimum atomic E-state index is -0.498. The fourth-order valence-electron chi connectivity index (χ4n) is 4.98. The summed E-state index contributed by atoms with van der Waals surface area (Å²) in [4.78, 5) is 0. The minimum absolute atomic E-state index is 0.498. The highest BCUT2D eigenvalue weighted by Gasteiger charge is 2.48. The van der Waals surface area contributed by atoms with E-state index in [1.54, 1.807) is 0 Å². The van der Waals surface area contributed by atoms with Gasteiger partial charge < -0.3 is 0 Å². The Morgan fingerprint density at radius 3 is 1.45 bits per heavy atom. The van der Waals surface area contributed by atoms with E-state index in [1.165, 1.54) is 42.1 Å². The van der Waals surface area contributed by atoms with Crippen LogP contribution in [0.1, 0.15) is 36.8 Å². The molecule has 1 saturated heterocycles. The summed E-state index contributed by atoms with van der Waals surface area (Å²) in [6.45, 7) is 2.10. The Kier molecular flexibility index (Phi) is 5.76. The van der Waals surface area contributed by atoms with Gasteiger partial charge in [-0.25, -0.2) is 0 Å². The first-order valence-corrected chi connectivity index (χ1v) is 12.1. The van der Waals surface area contributed by atoms with Gasteiger partial charge in [-0.2, -0.15) is 0 Å². The molecule has 3 heteroatoms. The molecular formula is C26H29N2P. The maximum atomic E-state index is 2.85. The molecule has 1 heterocycles. The average molecular weight is 401 g/mol. The lowest BCUT2D eigenvalue weighted by Gasteiger charge is -2.32. The average Bonchev–Trinajstić information content (AvgIpc) is 3.09. The number of nitrogens with zero attached hydrogens (tertiary/aromatic N) is 2. The third-order valence-corrected chi connectivity index (χ3v) is 8.92. The second kappa shape index (κ2) is 8.79. The van der Waals surface area contributed by atoms with Crippen LogP contribution in [0.2, 0.25) is 0 Å². The number of hydrogen-bond acceptors (Lipinski definition) is 2. The standard InChI is InChI=1S/C26H29N2P/c1-4-12-22(13-5-1)20-27-25-18-10-11-19-26(25)28(21-23-14-6-2-7-15-23)29(27)24-16-8-3-9-17-24/h1-9,12-17,25-26H,10-11,18-21H2/t25-,26-/m1/s1. The predicted molar refractivity (Wildman–Crippen MR) is 123 cm³/mol. The van der Waals surface area contributed by atoms with Crippen molar-refractivity contribution in [2.24, 2.45) is 0 Å². The van der Waals surface area contributed by atoms with Crippen LogP contribution in [0.15, 0.2) is 91.0 Å². The molecule has 0 spiro atoms. The molecule has 29 heavy (non-hydrogen) atoms. The summed E-state index contributed by atoms with van der Waals surface area (Å²) in [6.07, 6.45) is 5.39. The van der Waals surface area contributed by atoms with Gasteiger partial charge in [0, 0.05) is 30.5 Å². The van der Waals surface area contributed by atoms with E-state index >= 15 is 0 Å². The Bertz CT molecular complexity index is 842. The van der Waals surface area contributed by atoms with Crippen molar-refractivity contribution in [2.75, 3.05) is 0 Å². The van der Waals surface area contributed by atoms with Crippen molar-refractivity contribution in [3.8, 4) is 0 Å². The van der Waals surface area contributed by atoms with Crippen molar-refractivity contribution in [3.05, 3.63) is 102 Å². The first kappa shape index (κ1) is 19.0. The molecule has 1 saturated carbocycles. The highest BCUT2D eigenvalue weighted by atomic mass is 31.1. The van der Waals surface area contributed by atoms with E-state index in [0.29, 0.717) is 12.1 Å². The highest BCUT2D eigenvalue weighted by molar-refractivity contribution is 7.61. The third-order valence-electron chi connectivity index (χ3n) is 6.31. The molecule has 0 N–H and O–H groups in total. The lowest BCUT2D eigenvalue weighted by atomic mass is 9.90. The Balaban J connectivity index is 1.54. The molecule has 2 aliphatic rings. The van der Waals surface area contributed by atoms with E-state index in [-0.39, 0.29) is 0 Å². The Morgan fingerprint density at radius 1 is 0.586 bits per heavy atom. The number of hydrogen-bond donors (Lipinski definition) is 0. The van der Waals surface area contributed by atoms with Crippen molar-refractivity contribution in [3.63, 3.8) is 0 Å². The van der Waals surface area contributed by atoms with Crippen LogP contribution >= 0.6 is 8.22 Å². The summed E-state index contributed by atoms with van der Waals surface area (Å²) < 4.78 is 5.71. The second-order valence-electron chi connectivity index (χ2n) is 8.21. The molecule has 0 aromatic heterocycles. The number of rotatable bonds is 5. The van der Waals surface area contributed by atoms with Gasteiger partial charge >= 0.3 is 0 Å². The molecule has 0 unspecified atom stereocenters. The van der Waals surface area contributed by atoms with Crippen LogP contribution in [0.3, 0.4) is 0 Å². The molecule has 0 radical (unpaired) electrons. The minimum Gasteiger partial charge on any atom is -0.257 e. The second-order valence-corrected chi connectivity index (χ2v) is 10.3. The third kappa shape index (κ3) is 4.03. The van der Waals surface area contributed by atoms with Crippen LogP contribution < -0.4 is 5.30 Å². The van der Waals surface area contributed by atoms with E-state index < -0.39 is 8.22 Å². The first-order chi connectivity index (χ1) is 14.4. The molecule has 0 bridgehead atoms. The molecular weight excluding hydrogens is 371 g/mol. The Hall–Kier alpha value is -1.99. The fraction of sp³-hybridized carbons (Fsp3) is 0.308. The van der Waals surface area contributed by atoms with E-state index in [0.717, 1.165) is 13.1 Å². The monoisotopic (exact) mass is 400 g/mol. The maximum absolute atomic E-state index is 2.85. The van der Waals surface area contributed by atoms with Crippen LogP contribution in [0.25, 0.3) is 0 Å². The van der Waals surface area contributed by atoms with Gasteiger partial charge in [-0.1, -0.05) is 104 Å². The summed E-state index contributed by atoms with van der Waals surface area (Å²) >= 11 is 0. The normalized spacial score (nSPS) is 23.2. The summed E-state index contributed by atoms with van der Waals surface area (Å²) in [7, 11) is -0.498. The molecule has 2 fully saturated rings. The van der Waals surface area contributed by atoms with Crippen LogP contribution in [0.4, 0.5) is 0 Å². The maximum Gasteiger partial charge on any atom is 0.0737 e. The summed E-state index contributed by atoms with van der Waals surface area (Å²) in [6, 6.07) is 34.7. The highest BCUT2D eigenvalue weighted by Crippen LogP contribution is 2.57. The van der Waals surface area contributed by atoms with Crippen LogP contribution in [0.5, 0.6) is 0 Å². The number of benzene rings is 3. The molecule has 2 nitrogen and oxygen atoms in total. The van der Waals surface area contributed by atoms with E-state index in [9.17, 15) is 0 Å².